The molecule has 5 nitrogen and oxygen atoms in total. The van der Waals surface area contributed by atoms with E-state index in [1.807, 2.05) is 11.8 Å². The van der Waals surface area contributed by atoms with Crippen molar-refractivity contribution in [2.75, 3.05) is 13.1 Å². The van der Waals surface area contributed by atoms with Gasteiger partial charge in [0.2, 0.25) is 11.8 Å². The zero-order valence-electron chi connectivity index (χ0n) is 13.6. The Morgan fingerprint density at radius 3 is 2.55 bits per heavy atom. The van der Waals surface area contributed by atoms with Crippen molar-refractivity contribution in [1.82, 2.24) is 15.5 Å². The Balaban J connectivity index is 1.49. The summed E-state index contributed by atoms with van der Waals surface area (Å²) in [4.78, 5) is 26.7. The number of nitrogens with one attached hydrogen (secondary N) is 2. The molecule has 124 valence electrons. The average molecular weight is 307 g/mol. The van der Waals surface area contributed by atoms with Crippen LogP contribution in [-0.4, -0.2) is 47.9 Å². The Morgan fingerprint density at radius 2 is 1.82 bits per heavy atom. The maximum Gasteiger partial charge on any atom is 0.244 e. The maximum atomic E-state index is 12.4. The summed E-state index contributed by atoms with van der Waals surface area (Å²) < 4.78 is 0. The summed E-state index contributed by atoms with van der Waals surface area (Å²) in [6.07, 6.45) is 9.30. The van der Waals surface area contributed by atoms with Crippen molar-refractivity contribution >= 4 is 11.8 Å². The van der Waals surface area contributed by atoms with Gasteiger partial charge in [-0.25, -0.2) is 0 Å². The standard InChI is InChI=1S/C17H29N3O2/c1-12(17(22)20-9-5-2-6-10-20)18-16(21)15-11-13-7-3-4-8-14(13)19-15/h12-15,19H,2-11H2,1H3,(H,18,21). The van der Waals surface area contributed by atoms with E-state index in [0.717, 1.165) is 32.4 Å². The van der Waals surface area contributed by atoms with Crippen molar-refractivity contribution in [2.24, 2.45) is 5.92 Å². The van der Waals surface area contributed by atoms with Gasteiger partial charge in [0, 0.05) is 19.1 Å². The molecule has 3 aliphatic rings. The number of nitrogens with zero attached hydrogens (tertiary/aromatic N) is 1. The molecule has 2 aliphatic heterocycles. The number of amides is 2. The summed E-state index contributed by atoms with van der Waals surface area (Å²) in [6, 6.07) is -0.00247. The third kappa shape index (κ3) is 3.45. The summed E-state index contributed by atoms with van der Waals surface area (Å²) in [5, 5.41) is 6.42. The zero-order valence-corrected chi connectivity index (χ0v) is 13.6. The van der Waals surface area contributed by atoms with Gasteiger partial charge < -0.3 is 15.5 Å². The number of carbonyl (C=O) groups excluding carboxylic acids is 2. The Labute approximate surface area is 133 Å². The predicted molar refractivity (Wildman–Crippen MR) is 85.3 cm³/mol. The van der Waals surface area contributed by atoms with Gasteiger partial charge in [-0.3, -0.25) is 9.59 Å². The molecular formula is C17H29N3O2. The van der Waals surface area contributed by atoms with Gasteiger partial charge in [-0.1, -0.05) is 12.8 Å². The molecule has 4 unspecified atom stereocenters. The van der Waals surface area contributed by atoms with Crippen molar-refractivity contribution in [2.45, 2.75) is 76.4 Å². The average Bonchev–Trinajstić information content (AvgIpc) is 2.99. The topological polar surface area (TPSA) is 61.4 Å². The lowest BCUT2D eigenvalue weighted by Gasteiger charge is -2.29. The molecule has 1 saturated carbocycles. The quantitative estimate of drug-likeness (QED) is 0.829. The molecule has 0 aromatic carbocycles. The molecular weight excluding hydrogens is 278 g/mol. The summed E-state index contributed by atoms with van der Waals surface area (Å²) >= 11 is 0. The molecule has 5 heteroatoms. The van der Waals surface area contributed by atoms with Crippen molar-refractivity contribution in [3.8, 4) is 0 Å². The van der Waals surface area contributed by atoms with E-state index in [2.05, 4.69) is 10.6 Å². The second-order valence-corrected chi connectivity index (χ2v) is 7.22. The third-order valence-electron chi connectivity index (χ3n) is 5.58. The molecule has 0 bridgehead atoms. The minimum absolute atomic E-state index is 0.00672. The molecule has 2 saturated heterocycles. The van der Waals surface area contributed by atoms with Crippen LogP contribution < -0.4 is 10.6 Å². The second kappa shape index (κ2) is 6.99. The zero-order chi connectivity index (χ0) is 15.5. The lowest BCUT2D eigenvalue weighted by molar-refractivity contribution is -0.137. The van der Waals surface area contributed by atoms with Crippen molar-refractivity contribution < 1.29 is 9.59 Å². The molecule has 2 N–H and O–H groups in total. The summed E-state index contributed by atoms with van der Waals surface area (Å²) in [5.74, 6) is 0.730. The molecule has 1 aliphatic carbocycles. The van der Waals surface area contributed by atoms with E-state index < -0.39 is 6.04 Å². The van der Waals surface area contributed by atoms with Gasteiger partial charge in [0.05, 0.1) is 6.04 Å². The van der Waals surface area contributed by atoms with Crippen LogP contribution >= 0.6 is 0 Å². The highest BCUT2D eigenvalue weighted by atomic mass is 16.2. The first-order chi connectivity index (χ1) is 10.6. The lowest BCUT2D eigenvalue weighted by atomic mass is 9.85. The fraction of sp³-hybridized carbons (Fsp3) is 0.882. The normalized spacial score (nSPS) is 33.1. The first-order valence-electron chi connectivity index (χ1n) is 9.00. The number of hydrogen-bond donors (Lipinski definition) is 2. The van der Waals surface area contributed by atoms with Gasteiger partial charge in [0.15, 0.2) is 0 Å². The summed E-state index contributed by atoms with van der Waals surface area (Å²) in [6.45, 7) is 3.49. The molecule has 22 heavy (non-hydrogen) atoms. The van der Waals surface area contributed by atoms with Crippen LogP contribution in [-0.2, 0) is 9.59 Å². The smallest absolute Gasteiger partial charge is 0.244 e. The number of rotatable bonds is 3. The van der Waals surface area contributed by atoms with E-state index in [-0.39, 0.29) is 17.9 Å². The van der Waals surface area contributed by atoms with Gasteiger partial charge in [0.25, 0.3) is 0 Å². The van der Waals surface area contributed by atoms with Crippen molar-refractivity contribution in [3.63, 3.8) is 0 Å². The minimum Gasteiger partial charge on any atom is -0.343 e. The molecule has 0 aromatic rings. The largest absolute Gasteiger partial charge is 0.343 e. The Hall–Kier alpha value is -1.10. The highest BCUT2D eigenvalue weighted by Gasteiger charge is 2.38. The number of likely N-dealkylation sites (tertiary alicyclic amines) is 1. The molecule has 0 aromatic heterocycles. The van der Waals surface area contributed by atoms with E-state index in [1.54, 1.807) is 0 Å². The lowest BCUT2D eigenvalue weighted by Crippen LogP contribution is -2.52. The highest BCUT2D eigenvalue weighted by molar-refractivity contribution is 5.89. The molecule has 3 rings (SSSR count). The number of fused-ring (bicyclic) bond motifs is 1. The highest BCUT2D eigenvalue weighted by Crippen LogP contribution is 2.33. The second-order valence-electron chi connectivity index (χ2n) is 7.22. The van der Waals surface area contributed by atoms with Crippen LogP contribution in [0.15, 0.2) is 0 Å². The van der Waals surface area contributed by atoms with Crippen molar-refractivity contribution in [3.05, 3.63) is 0 Å². The maximum absolute atomic E-state index is 12.4. The van der Waals surface area contributed by atoms with Crippen LogP contribution in [0.5, 0.6) is 0 Å². The SMILES string of the molecule is CC(NC(=O)C1CC2CCCCC2N1)C(=O)N1CCCCC1. The molecule has 0 radical (unpaired) electrons. The van der Waals surface area contributed by atoms with E-state index in [9.17, 15) is 9.59 Å². The number of carbonyl (C=O) groups is 2. The first-order valence-corrected chi connectivity index (χ1v) is 9.00. The van der Waals surface area contributed by atoms with Crippen LogP contribution in [0.25, 0.3) is 0 Å². The van der Waals surface area contributed by atoms with Crippen LogP contribution in [0, 0.1) is 5.92 Å². The Morgan fingerprint density at radius 1 is 1.09 bits per heavy atom. The van der Waals surface area contributed by atoms with Gasteiger partial charge in [-0.05, 0) is 51.4 Å². The third-order valence-corrected chi connectivity index (χ3v) is 5.58. The van der Waals surface area contributed by atoms with Crippen LogP contribution in [0.1, 0.15) is 58.3 Å². The van der Waals surface area contributed by atoms with Gasteiger partial charge in [-0.2, -0.15) is 0 Å². The first kappa shape index (κ1) is 15.8. The van der Waals surface area contributed by atoms with Crippen molar-refractivity contribution in [1.29, 1.82) is 0 Å². The van der Waals surface area contributed by atoms with E-state index >= 15 is 0 Å². The van der Waals surface area contributed by atoms with E-state index in [0.29, 0.717) is 12.0 Å². The van der Waals surface area contributed by atoms with Crippen LogP contribution in [0.2, 0.25) is 0 Å². The van der Waals surface area contributed by atoms with E-state index in [4.69, 9.17) is 0 Å². The molecule has 2 amide bonds. The molecule has 4 atom stereocenters. The van der Waals surface area contributed by atoms with Crippen LogP contribution in [0.3, 0.4) is 0 Å². The van der Waals surface area contributed by atoms with Crippen LogP contribution in [0.4, 0.5) is 0 Å². The molecule has 2 heterocycles. The minimum atomic E-state index is -0.407. The number of piperidine rings is 1. The van der Waals surface area contributed by atoms with Gasteiger partial charge >= 0.3 is 0 Å². The Bertz CT molecular complexity index is 406. The van der Waals surface area contributed by atoms with Gasteiger partial charge in [-0.15, -0.1) is 0 Å². The fourth-order valence-electron chi connectivity index (χ4n) is 4.29. The fourth-order valence-corrected chi connectivity index (χ4v) is 4.29. The van der Waals surface area contributed by atoms with Gasteiger partial charge in [0.1, 0.15) is 6.04 Å². The molecule has 3 fully saturated rings. The summed E-state index contributed by atoms with van der Waals surface area (Å²) in [7, 11) is 0. The predicted octanol–water partition coefficient (Wildman–Crippen LogP) is 1.42. The summed E-state index contributed by atoms with van der Waals surface area (Å²) in [5.41, 5.74) is 0. The molecule has 0 spiro atoms. The number of hydrogen-bond acceptors (Lipinski definition) is 3. The Kier molecular flexibility index (Phi) is 5.01. The van der Waals surface area contributed by atoms with E-state index in [1.165, 1.54) is 32.1 Å². The monoisotopic (exact) mass is 307 g/mol.